The van der Waals surface area contributed by atoms with Crippen LogP contribution in [-0.2, 0) is 29.8 Å². The van der Waals surface area contributed by atoms with Gasteiger partial charge in [0, 0.05) is 24.1 Å². The van der Waals surface area contributed by atoms with E-state index in [4.69, 9.17) is 30.8 Å². The summed E-state index contributed by atoms with van der Waals surface area (Å²) in [6.45, 7) is 5.12. The molecular weight excluding hydrogens is 656 g/mol. The summed E-state index contributed by atoms with van der Waals surface area (Å²) in [7, 11) is 0. The molecule has 0 radical (unpaired) electrons. The molecule has 8 rings (SSSR count). The first-order valence-electron chi connectivity index (χ1n) is 15.6. The molecule has 2 atom stereocenters. The van der Waals surface area contributed by atoms with Crippen molar-refractivity contribution in [2.24, 2.45) is 0 Å². The van der Waals surface area contributed by atoms with Crippen molar-refractivity contribution in [1.29, 1.82) is 0 Å². The molecule has 0 spiro atoms. The molecule has 0 bridgehead atoms. The molecule has 0 unspecified atom stereocenters. The minimum absolute atomic E-state index is 0.0486. The zero-order chi connectivity index (χ0) is 33.2. The molecule has 15 heteroatoms. The van der Waals surface area contributed by atoms with Crippen molar-refractivity contribution in [2.45, 2.75) is 63.3 Å². The van der Waals surface area contributed by atoms with Gasteiger partial charge in [-0.1, -0.05) is 28.9 Å². The summed E-state index contributed by atoms with van der Waals surface area (Å²) in [4.78, 5) is 15.0. The van der Waals surface area contributed by atoms with Gasteiger partial charge in [0.1, 0.15) is 17.3 Å². The van der Waals surface area contributed by atoms with Crippen molar-refractivity contribution < 1.29 is 36.3 Å². The van der Waals surface area contributed by atoms with E-state index < -0.39 is 23.7 Å². The number of nitrogens with zero attached hydrogens (tertiary/aromatic N) is 6. The Bertz CT molecular complexity index is 2010. The van der Waals surface area contributed by atoms with E-state index in [1.165, 1.54) is 6.07 Å². The van der Waals surface area contributed by atoms with Crippen molar-refractivity contribution in [3.63, 3.8) is 0 Å². The van der Waals surface area contributed by atoms with Crippen LogP contribution < -0.4 is 9.47 Å². The molecule has 3 aromatic heterocycles. The van der Waals surface area contributed by atoms with Crippen molar-refractivity contribution in [1.82, 2.24) is 29.6 Å². The van der Waals surface area contributed by atoms with E-state index in [2.05, 4.69) is 29.1 Å². The van der Waals surface area contributed by atoms with Gasteiger partial charge in [-0.25, -0.2) is 9.37 Å². The first kappa shape index (κ1) is 31.0. The van der Waals surface area contributed by atoms with E-state index in [9.17, 15) is 17.6 Å². The Morgan fingerprint density at radius 1 is 1.04 bits per heavy atom. The molecule has 3 aliphatic heterocycles. The van der Waals surface area contributed by atoms with Gasteiger partial charge >= 0.3 is 12.1 Å². The number of pyridine rings is 1. The molecule has 6 heterocycles. The van der Waals surface area contributed by atoms with Gasteiger partial charge < -0.3 is 23.3 Å². The summed E-state index contributed by atoms with van der Waals surface area (Å²) in [5.41, 5.74) is 2.74. The Kier molecular flexibility index (Phi) is 7.57. The van der Waals surface area contributed by atoms with Crippen LogP contribution in [-0.4, -0.2) is 55.4 Å². The fourth-order valence-corrected chi connectivity index (χ4v) is 6.79. The summed E-state index contributed by atoms with van der Waals surface area (Å²) >= 11 is 5.97. The first-order chi connectivity index (χ1) is 23.0. The van der Waals surface area contributed by atoms with Gasteiger partial charge in [-0.2, -0.15) is 18.2 Å². The van der Waals surface area contributed by atoms with Gasteiger partial charge in [-0.15, -0.1) is 0 Å². The largest absolute Gasteiger partial charge is 0.471 e. The fourth-order valence-electron chi connectivity index (χ4n) is 6.63. The number of alkyl halides is 3. The Morgan fingerprint density at radius 3 is 2.56 bits per heavy atom. The molecule has 10 nitrogen and oxygen atoms in total. The molecule has 48 heavy (non-hydrogen) atoms. The van der Waals surface area contributed by atoms with E-state index in [0.29, 0.717) is 41.7 Å². The van der Waals surface area contributed by atoms with Gasteiger partial charge in [-0.05, 0) is 68.6 Å². The number of hydrogen-bond acceptors (Lipinski definition) is 9. The van der Waals surface area contributed by atoms with Crippen LogP contribution >= 0.6 is 11.6 Å². The second-order valence-electron chi connectivity index (χ2n) is 12.4. The maximum atomic E-state index is 14.9. The lowest BCUT2D eigenvalue weighted by atomic mass is 9.88. The van der Waals surface area contributed by atoms with Gasteiger partial charge in [0.15, 0.2) is 11.5 Å². The molecule has 0 aliphatic carbocycles. The topological polar surface area (TPSA) is 101 Å². The highest BCUT2D eigenvalue weighted by Crippen LogP contribution is 2.50. The molecule has 2 aromatic carbocycles. The average Bonchev–Trinajstić information content (AvgIpc) is 3.74. The normalized spacial score (nSPS) is 21.6. The van der Waals surface area contributed by atoms with Gasteiger partial charge in [-0.3, -0.25) is 9.88 Å². The molecule has 0 amide bonds. The predicted octanol–water partition coefficient (Wildman–Crippen LogP) is 7.11. The molecule has 5 aromatic rings. The number of halogens is 5. The third kappa shape index (κ3) is 5.65. The molecule has 0 saturated carbocycles. The van der Waals surface area contributed by atoms with E-state index in [1.807, 2.05) is 18.2 Å². The van der Waals surface area contributed by atoms with Crippen molar-refractivity contribution in [2.75, 3.05) is 19.7 Å². The third-order valence-electron chi connectivity index (χ3n) is 9.21. The standard InChI is InChI=1S/C33H29ClF4N6O4/c1-32(22-6-5-19(34)13-23(22)35)46-27-4-2-3-21(29(27)47-32)18-7-10-43(11-8-18)17-28-40-24-14-25(30-41-31(48-42-30)33(36,37)38)39-15-26(24)44(28)16-20-9-12-45-20/h2-6,13-15,18,20H,7-12,16-17H2,1H3/t20-,32-/m0/s1. The van der Waals surface area contributed by atoms with Crippen molar-refractivity contribution >= 4 is 22.6 Å². The molecule has 2 saturated heterocycles. The minimum Gasteiger partial charge on any atom is -0.444 e. The number of ether oxygens (including phenoxy) is 3. The maximum absolute atomic E-state index is 14.9. The Balaban J connectivity index is 0.998. The van der Waals surface area contributed by atoms with Crippen molar-refractivity contribution in [3.05, 3.63) is 82.3 Å². The monoisotopic (exact) mass is 684 g/mol. The number of rotatable bonds is 7. The Hall–Kier alpha value is -4.27. The van der Waals surface area contributed by atoms with Gasteiger partial charge in [0.2, 0.25) is 5.82 Å². The van der Waals surface area contributed by atoms with Crippen LogP contribution in [0.15, 0.2) is 53.2 Å². The summed E-state index contributed by atoms with van der Waals surface area (Å²) in [5.74, 6) is -1.31. The highest BCUT2D eigenvalue weighted by atomic mass is 35.5. The smallest absolute Gasteiger partial charge is 0.444 e. The fraction of sp³-hybridized carbons (Fsp3) is 0.394. The lowest BCUT2D eigenvalue weighted by molar-refractivity contribution is -0.159. The molecule has 2 fully saturated rings. The number of benzene rings is 2. The van der Waals surface area contributed by atoms with Crippen LogP contribution in [0.5, 0.6) is 11.5 Å². The van der Waals surface area contributed by atoms with E-state index in [0.717, 1.165) is 49.3 Å². The molecule has 3 aliphatic rings. The van der Waals surface area contributed by atoms with Crippen LogP contribution in [0.1, 0.15) is 54.9 Å². The SMILES string of the molecule is C[C@]1(c2ccc(Cl)cc2F)Oc2cccc(C3CCN(Cc4nc5cc(-c6noc(C(F)(F)F)n6)ncc5n4C[C@@H]4CCO4)CC3)c2O1. The molecular formula is C33H29ClF4N6O4. The third-order valence-corrected chi connectivity index (χ3v) is 9.45. The average molecular weight is 685 g/mol. The second kappa shape index (κ2) is 11.7. The number of likely N-dealkylation sites (tertiary alicyclic amines) is 1. The number of aromatic nitrogens is 5. The minimum atomic E-state index is -4.75. The summed E-state index contributed by atoms with van der Waals surface area (Å²) in [5, 5.41) is 3.76. The number of imidazole rings is 1. The van der Waals surface area contributed by atoms with Crippen LogP contribution in [0.4, 0.5) is 17.6 Å². The summed E-state index contributed by atoms with van der Waals surface area (Å²) < 4.78 is 78.6. The molecule has 0 N–H and O–H groups in total. The van der Waals surface area contributed by atoms with Crippen LogP contribution in [0.25, 0.3) is 22.6 Å². The van der Waals surface area contributed by atoms with E-state index in [-0.39, 0.29) is 29.1 Å². The maximum Gasteiger partial charge on any atom is 0.471 e. The second-order valence-corrected chi connectivity index (χ2v) is 12.8. The highest BCUT2D eigenvalue weighted by Gasteiger charge is 2.43. The lowest BCUT2D eigenvalue weighted by Gasteiger charge is -2.33. The Morgan fingerprint density at radius 2 is 1.85 bits per heavy atom. The van der Waals surface area contributed by atoms with E-state index >= 15 is 0 Å². The number of para-hydroxylation sites is 1. The van der Waals surface area contributed by atoms with E-state index in [1.54, 1.807) is 31.3 Å². The summed E-state index contributed by atoms with van der Waals surface area (Å²) in [6.07, 6.45) is -0.495. The number of piperidine rings is 1. The van der Waals surface area contributed by atoms with Gasteiger partial charge in [0.25, 0.3) is 5.79 Å². The lowest BCUT2D eigenvalue weighted by Crippen LogP contribution is -2.35. The first-order valence-corrected chi connectivity index (χ1v) is 16.0. The van der Waals surface area contributed by atoms with Crippen molar-refractivity contribution in [3.8, 4) is 23.0 Å². The quantitative estimate of drug-likeness (QED) is 0.166. The zero-order valence-electron chi connectivity index (χ0n) is 25.6. The number of fused-ring (bicyclic) bond motifs is 2. The number of hydrogen-bond donors (Lipinski definition) is 0. The van der Waals surface area contributed by atoms with Crippen LogP contribution in [0.3, 0.4) is 0 Å². The highest BCUT2D eigenvalue weighted by molar-refractivity contribution is 6.30. The predicted molar refractivity (Wildman–Crippen MR) is 164 cm³/mol. The zero-order valence-corrected chi connectivity index (χ0v) is 26.4. The molecule has 250 valence electrons. The summed E-state index contributed by atoms with van der Waals surface area (Å²) in [6, 6.07) is 11.8. The van der Waals surface area contributed by atoms with Crippen LogP contribution in [0, 0.1) is 5.82 Å². The van der Waals surface area contributed by atoms with Gasteiger partial charge in [0.05, 0.1) is 42.0 Å². The Labute approximate surface area is 276 Å². The van der Waals surface area contributed by atoms with Crippen LogP contribution in [0.2, 0.25) is 5.02 Å².